The smallest absolute Gasteiger partial charge is 0.274 e. The fourth-order valence-corrected chi connectivity index (χ4v) is 3.20. The number of aromatic nitrogens is 3. The average molecular weight is 460 g/mol. The second-order valence-electron chi connectivity index (χ2n) is 6.09. The summed E-state index contributed by atoms with van der Waals surface area (Å²) in [6, 6.07) is 6.91. The molecule has 0 bridgehead atoms. The molecular formula is C18H14Cl4N4O2. The van der Waals surface area contributed by atoms with E-state index in [0.717, 1.165) is 0 Å². The molecule has 3 rings (SSSR count). The third kappa shape index (κ3) is 4.25. The highest BCUT2D eigenvalue weighted by Crippen LogP contribution is 2.32. The molecule has 0 fully saturated rings. The molecule has 0 saturated carbocycles. The fraction of sp³-hybridized carbons (Fsp3) is 0.222. The van der Waals surface area contributed by atoms with Gasteiger partial charge in [-0.3, -0.25) is 4.79 Å². The van der Waals surface area contributed by atoms with Crippen LogP contribution in [0.4, 0.5) is 0 Å². The zero-order valence-corrected chi connectivity index (χ0v) is 17.8. The minimum atomic E-state index is -0.434. The van der Waals surface area contributed by atoms with Crippen molar-refractivity contribution in [3.63, 3.8) is 0 Å². The molecule has 6 nitrogen and oxygen atoms in total. The molecule has 0 radical (unpaired) electrons. The summed E-state index contributed by atoms with van der Waals surface area (Å²) in [7, 11) is 0. The molecule has 28 heavy (non-hydrogen) atoms. The summed E-state index contributed by atoms with van der Waals surface area (Å²) in [5, 5.41) is 8.75. The normalized spacial score (nSPS) is 11.1. The minimum Gasteiger partial charge on any atom is -0.419 e. The standard InChI is InChI=1S/C18H14Cl4N4O2/c1-9(2)26(18(27)16-15(22)14(21)12(20)7-23-16)8-13-24-25-17(28-13)10-5-3-4-6-11(10)19/h3-7,9H,8H2,1-2H3. The van der Waals surface area contributed by atoms with Crippen LogP contribution in [0.25, 0.3) is 11.5 Å². The highest BCUT2D eigenvalue weighted by molar-refractivity contribution is 6.48. The molecule has 0 saturated heterocycles. The molecule has 1 amide bonds. The quantitative estimate of drug-likeness (QED) is 0.482. The summed E-state index contributed by atoms with van der Waals surface area (Å²) in [4.78, 5) is 18.5. The third-order valence-electron chi connectivity index (χ3n) is 3.88. The van der Waals surface area contributed by atoms with Crippen molar-refractivity contribution in [1.82, 2.24) is 20.1 Å². The van der Waals surface area contributed by atoms with Gasteiger partial charge < -0.3 is 9.32 Å². The second-order valence-corrected chi connectivity index (χ2v) is 7.66. The Bertz CT molecular complexity index is 1020. The molecule has 0 N–H and O–H groups in total. The molecule has 3 aromatic rings. The summed E-state index contributed by atoms with van der Waals surface area (Å²) in [6.07, 6.45) is 1.28. The Kier molecular flexibility index (Phi) is 6.45. The van der Waals surface area contributed by atoms with Gasteiger partial charge >= 0.3 is 0 Å². The van der Waals surface area contributed by atoms with Gasteiger partial charge in [0, 0.05) is 12.2 Å². The van der Waals surface area contributed by atoms with Crippen LogP contribution in [0.5, 0.6) is 0 Å². The largest absolute Gasteiger partial charge is 0.419 e. The van der Waals surface area contributed by atoms with E-state index in [0.29, 0.717) is 10.6 Å². The van der Waals surface area contributed by atoms with Crippen molar-refractivity contribution in [3.8, 4) is 11.5 Å². The van der Waals surface area contributed by atoms with E-state index in [4.69, 9.17) is 50.8 Å². The van der Waals surface area contributed by atoms with E-state index < -0.39 is 5.91 Å². The van der Waals surface area contributed by atoms with E-state index in [-0.39, 0.29) is 45.1 Å². The van der Waals surface area contributed by atoms with Crippen LogP contribution >= 0.6 is 46.4 Å². The summed E-state index contributed by atoms with van der Waals surface area (Å²) >= 11 is 24.2. The van der Waals surface area contributed by atoms with Crippen molar-refractivity contribution < 1.29 is 9.21 Å². The molecule has 2 heterocycles. The highest BCUT2D eigenvalue weighted by atomic mass is 35.5. The van der Waals surface area contributed by atoms with Gasteiger partial charge in [0.05, 0.1) is 32.2 Å². The second kappa shape index (κ2) is 8.66. The van der Waals surface area contributed by atoms with Crippen molar-refractivity contribution in [2.24, 2.45) is 0 Å². The number of carbonyl (C=O) groups excluding carboxylic acids is 1. The maximum Gasteiger partial charge on any atom is 0.274 e. The lowest BCUT2D eigenvalue weighted by Gasteiger charge is -2.25. The Hall–Kier alpha value is -1.86. The number of carbonyl (C=O) groups is 1. The molecule has 0 atom stereocenters. The molecule has 0 aliphatic heterocycles. The maximum absolute atomic E-state index is 13.0. The summed E-state index contributed by atoms with van der Waals surface area (Å²) in [5.74, 6) is 0.0756. The van der Waals surface area contributed by atoms with Gasteiger partial charge in [-0.2, -0.15) is 0 Å². The van der Waals surface area contributed by atoms with Crippen molar-refractivity contribution in [2.75, 3.05) is 0 Å². The number of rotatable bonds is 5. The topological polar surface area (TPSA) is 72.1 Å². The van der Waals surface area contributed by atoms with E-state index in [2.05, 4.69) is 15.2 Å². The molecule has 1 aromatic carbocycles. The number of pyridine rings is 1. The number of hydrogen-bond donors (Lipinski definition) is 0. The van der Waals surface area contributed by atoms with Crippen molar-refractivity contribution in [3.05, 3.63) is 62.1 Å². The number of nitrogens with zero attached hydrogens (tertiary/aromatic N) is 4. The lowest BCUT2D eigenvalue weighted by atomic mass is 10.2. The molecule has 0 unspecified atom stereocenters. The number of halogens is 4. The minimum absolute atomic E-state index is 0.00407. The van der Waals surface area contributed by atoms with E-state index >= 15 is 0 Å². The van der Waals surface area contributed by atoms with Crippen LogP contribution in [-0.2, 0) is 6.54 Å². The summed E-state index contributed by atoms with van der Waals surface area (Å²) < 4.78 is 5.69. The van der Waals surface area contributed by atoms with Gasteiger partial charge in [0.1, 0.15) is 5.69 Å². The van der Waals surface area contributed by atoms with Gasteiger partial charge in [-0.1, -0.05) is 58.5 Å². The van der Waals surface area contributed by atoms with Crippen LogP contribution in [0.1, 0.15) is 30.2 Å². The molecule has 0 aliphatic carbocycles. The molecule has 146 valence electrons. The predicted octanol–water partition coefficient (Wildman–Crippen LogP) is 5.80. The Morgan fingerprint density at radius 2 is 1.79 bits per heavy atom. The first kappa shape index (κ1) is 20.9. The Balaban J connectivity index is 1.88. The predicted molar refractivity (Wildman–Crippen MR) is 109 cm³/mol. The average Bonchev–Trinajstić information content (AvgIpc) is 3.12. The molecular weight excluding hydrogens is 446 g/mol. The van der Waals surface area contributed by atoms with Gasteiger partial charge in [-0.25, -0.2) is 4.98 Å². The Morgan fingerprint density at radius 1 is 1.07 bits per heavy atom. The molecule has 2 aromatic heterocycles. The maximum atomic E-state index is 13.0. The Labute approximate surface area is 181 Å². The van der Waals surface area contributed by atoms with E-state index in [1.807, 2.05) is 19.9 Å². The van der Waals surface area contributed by atoms with Crippen molar-refractivity contribution in [1.29, 1.82) is 0 Å². The van der Waals surface area contributed by atoms with Gasteiger partial charge in [0.15, 0.2) is 0 Å². The van der Waals surface area contributed by atoms with Gasteiger partial charge in [0.2, 0.25) is 11.8 Å². The van der Waals surface area contributed by atoms with Gasteiger partial charge in [-0.05, 0) is 26.0 Å². The van der Waals surface area contributed by atoms with Crippen molar-refractivity contribution in [2.45, 2.75) is 26.4 Å². The van der Waals surface area contributed by atoms with E-state index in [1.54, 1.807) is 18.2 Å². The molecule has 10 heteroatoms. The Morgan fingerprint density at radius 3 is 2.46 bits per heavy atom. The van der Waals surface area contributed by atoms with Crippen LogP contribution in [-0.4, -0.2) is 32.0 Å². The lowest BCUT2D eigenvalue weighted by Crippen LogP contribution is -2.37. The first-order chi connectivity index (χ1) is 13.3. The van der Waals surface area contributed by atoms with Crippen LogP contribution in [0.3, 0.4) is 0 Å². The zero-order chi connectivity index (χ0) is 20.4. The first-order valence-corrected chi connectivity index (χ1v) is 9.68. The lowest BCUT2D eigenvalue weighted by molar-refractivity contribution is 0.0666. The van der Waals surface area contributed by atoms with Crippen LogP contribution in [0.15, 0.2) is 34.9 Å². The van der Waals surface area contributed by atoms with Crippen LogP contribution in [0.2, 0.25) is 20.1 Å². The fourth-order valence-electron chi connectivity index (χ4n) is 2.42. The third-order valence-corrected chi connectivity index (χ3v) is 5.45. The summed E-state index contributed by atoms with van der Waals surface area (Å²) in [5.41, 5.74) is 0.607. The van der Waals surface area contributed by atoms with Gasteiger partial charge in [0.25, 0.3) is 5.91 Å². The SMILES string of the molecule is CC(C)N(Cc1nnc(-c2ccccc2Cl)o1)C(=O)c1ncc(Cl)c(Cl)c1Cl. The molecule has 0 spiro atoms. The van der Waals surface area contributed by atoms with Crippen LogP contribution < -0.4 is 0 Å². The van der Waals surface area contributed by atoms with Gasteiger partial charge in [-0.15, -0.1) is 10.2 Å². The summed E-state index contributed by atoms with van der Waals surface area (Å²) in [6.45, 7) is 3.75. The zero-order valence-electron chi connectivity index (χ0n) is 14.8. The van der Waals surface area contributed by atoms with Crippen LogP contribution in [0, 0.1) is 0 Å². The highest BCUT2D eigenvalue weighted by Gasteiger charge is 2.26. The number of benzene rings is 1. The molecule has 0 aliphatic rings. The van der Waals surface area contributed by atoms with E-state index in [1.165, 1.54) is 11.1 Å². The number of hydrogen-bond acceptors (Lipinski definition) is 5. The first-order valence-electron chi connectivity index (χ1n) is 8.17. The van der Waals surface area contributed by atoms with E-state index in [9.17, 15) is 4.79 Å². The number of amides is 1. The van der Waals surface area contributed by atoms with Crippen molar-refractivity contribution >= 4 is 52.3 Å². The monoisotopic (exact) mass is 458 g/mol.